The van der Waals surface area contributed by atoms with Crippen molar-refractivity contribution in [1.82, 2.24) is 29.5 Å². The number of fused-ring (bicyclic) bond motifs is 1. The summed E-state index contributed by atoms with van der Waals surface area (Å²) < 4.78 is 32.0. The molecule has 0 radical (unpaired) electrons. The molecule has 2 saturated heterocycles. The van der Waals surface area contributed by atoms with Crippen molar-refractivity contribution < 1.29 is 23.1 Å². The minimum Gasteiger partial charge on any atom is -0.444 e. The van der Waals surface area contributed by atoms with Crippen molar-refractivity contribution in [3.63, 3.8) is 0 Å². The lowest BCUT2D eigenvalue weighted by Gasteiger charge is -2.38. The maximum absolute atomic E-state index is 13.6. The molecule has 13 nitrogen and oxygen atoms in total. The zero-order chi connectivity index (χ0) is 35.8. The third kappa shape index (κ3) is 8.31. The molecule has 2 fully saturated rings. The summed E-state index contributed by atoms with van der Waals surface area (Å²) >= 11 is 6.66. The van der Waals surface area contributed by atoms with Crippen LogP contribution in [0.3, 0.4) is 0 Å². The van der Waals surface area contributed by atoms with Crippen molar-refractivity contribution in [2.45, 2.75) is 64.4 Å². The van der Waals surface area contributed by atoms with Gasteiger partial charge in [0.1, 0.15) is 11.1 Å². The summed E-state index contributed by atoms with van der Waals surface area (Å²) in [5.41, 5.74) is 3.01. The van der Waals surface area contributed by atoms with Gasteiger partial charge < -0.3 is 20.1 Å². The van der Waals surface area contributed by atoms with Crippen LogP contribution in [0.25, 0.3) is 22.3 Å². The standard InChI is InChI=1S/C35H44ClN7O6S/c1-34(2,3)49-33(45)37-20-24-5-7-25(8-6-24)31-29-30(39-40(31)4)32(44)43(23-38-29)22-35(46)11-13-41(14-12-35)21-26-9-10-27(19-28(26)36)42-15-17-50(47,48)18-16-42/h5-10,19,23,46H,11-18,20-22H2,1-4H3,(H,37,45). The first kappa shape index (κ1) is 35.8. The average molecular weight is 726 g/mol. The number of benzene rings is 2. The molecule has 2 N–H and O–H groups in total. The molecular formula is C35H44ClN7O6S. The number of amides is 1. The van der Waals surface area contributed by atoms with E-state index in [-0.39, 0.29) is 29.1 Å². The maximum atomic E-state index is 13.6. The lowest BCUT2D eigenvalue weighted by atomic mass is 9.91. The maximum Gasteiger partial charge on any atom is 0.407 e. The minimum atomic E-state index is -2.96. The first-order valence-corrected chi connectivity index (χ1v) is 18.9. The summed E-state index contributed by atoms with van der Waals surface area (Å²) in [6.07, 6.45) is 1.94. The van der Waals surface area contributed by atoms with Crippen LogP contribution < -0.4 is 15.8 Å². The smallest absolute Gasteiger partial charge is 0.407 e. The number of aryl methyl sites for hydroxylation is 1. The zero-order valence-corrected chi connectivity index (χ0v) is 30.4. The van der Waals surface area contributed by atoms with E-state index in [0.717, 1.165) is 22.4 Å². The fourth-order valence-corrected chi connectivity index (χ4v) is 7.91. The molecule has 2 aromatic heterocycles. The fraction of sp³-hybridized carbons (Fsp3) is 0.486. The van der Waals surface area contributed by atoms with E-state index < -0.39 is 27.1 Å². The predicted molar refractivity (Wildman–Crippen MR) is 193 cm³/mol. The quantitative estimate of drug-likeness (QED) is 0.275. The van der Waals surface area contributed by atoms with Crippen LogP contribution in [-0.4, -0.2) is 92.7 Å². The Morgan fingerprint density at radius 2 is 1.72 bits per heavy atom. The van der Waals surface area contributed by atoms with E-state index in [1.807, 2.05) is 68.1 Å². The number of aliphatic hydroxyl groups is 1. The molecule has 2 aliphatic heterocycles. The molecule has 0 unspecified atom stereocenters. The largest absolute Gasteiger partial charge is 0.444 e. The Balaban J connectivity index is 1.07. The van der Waals surface area contributed by atoms with Crippen LogP contribution in [0.4, 0.5) is 10.5 Å². The van der Waals surface area contributed by atoms with E-state index in [1.165, 1.54) is 10.9 Å². The molecule has 15 heteroatoms. The molecule has 4 heterocycles. The first-order valence-electron chi connectivity index (χ1n) is 16.7. The summed E-state index contributed by atoms with van der Waals surface area (Å²) in [5, 5.41) is 19.4. The van der Waals surface area contributed by atoms with Gasteiger partial charge in [0.25, 0.3) is 5.56 Å². The number of carbonyl (C=O) groups is 1. The van der Waals surface area contributed by atoms with Gasteiger partial charge in [-0.05, 0) is 56.9 Å². The van der Waals surface area contributed by atoms with Crippen molar-refractivity contribution in [3.8, 4) is 11.3 Å². The number of rotatable bonds is 8. The molecule has 0 bridgehead atoms. The van der Waals surface area contributed by atoms with E-state index in [1.54, 1.807) is 11.7 Å². The fourth-order valence-electron chi connectivity index (χ4n) is 6.48. The molecular weight excluding hydrogens is 682 g/mol. The Hall–Kier alpha value is -3.98. The number of hydrogen-bond donors (Lipinski definition) is 2. The molecule has 268 valence electrons. The van der Waals surface area contributed by atoms with Crippen molar-refractivity contribution >= 4 is 44.3 Å². The number of aromatic nitrogens is 4. The van der Waals surface area contributed by atoms with Gasteiger partial charge in [-0.2, -0.15) is 5.10 Å². The minimum absolute atomic E-state index is 0.106. The molecule has 4 aromatic rings. The second-order valence-corrected chi connectivity index (χ2v) is 17.0. The molecule has 0 spiro atoms. The van der Waals surface area contributed by atoms with Gasteiger partial charge in [0, 0.05) is 62.6 Å². The second-order valence-electron chi connectivity index (χ2n) is 14.3. The van der Waals surface area contributed by atoms with E-state index in [2.05, 4.69) is 20.3 Å². The molecule has 0 atom stereocenters. The molecule has 2 aliphatic rings. The number of hydrogen-bond acceptors (Lipinski definition) is 10. The Morgan fingerprint density at radius 1 is 1.04 bits per heavy atom. The normalized spacial score (nSPS) is 17.9. The van der Waals surface area contributed by atoms with E-state index in [9.17, 15) is 23.1 Å². The predicted octanol–water partition coefficient (Wildman–Crippen LogP) is 3.74. The van der Waals surface area contributed by atoms with Gasteiger partial charge >= 0.3 is 6.09 Å². The number of alkyl carbamates (subject to hydrolysis) is 1. The molecule has 1 amide bonds. The topological polar surface area (TPSA) is 152 Å². The number of nitrogens with one attached hydrogen (secondary N) is 1. The first-order chi connectivity index (χ1) is 23.6. The second kappa shape index (κ2) is 14.0. The van der Waals surface area contributed by atoms with Gasteiger partial charge in [-0.1, -0.05) is 41.9 Å². The summed E-state index contributed by atoms with van der Waals surface area (Å²) in [6.45, 7) is 8.64. The van der Waals surface area contributed by atoms with Crippen LogP contribution in [0, 0.1) is 0 Å². The highest BCUT2D eigenvalue weighted by Gasteiger charge is 2.34. The third-order valence-corrected chi connectivity index (χ3v) is 11.2. The lowest BCUT2D eigenvalue weighted by molar-refractivity contribution is -0.0364. The van der Waals surface area contributed by atoms with Crippen LogP contribution in [0.15, 0.2) is 53.6 Å². The van der Waals surface area contributed by atoms with Crippen LogP contribution in [0.1, 0.15) is 44.7 Å². The van der Waals surface area contributed by atoms with Gasteiger partial charge in [0.2, 0.25) is 0 Å². The third-order valence-electron chi connectivity index (χ3n) is 9.27. The number of ether oxygens (including phenoxy) is 1. The SMILES string of the molecule is Cn1nc2c(=O)n(CC3(O)CCN(Cc4ccc(N5CCS(=O)(=O)CC5)cc4Cl)CC3)cnc2c1-c1ccc(CNC(=O)OC(C)(C)C)cc1. The number of nitrogens with zero attached hydrogens (tertiary/aromatic N) is 6. The highest BCUT2D eigenvalue weighted by Crippen LogP contribution is 2.30. The molecule has 0 aliphatic carbocycles. The lowest BCUT2D eigenvalue weighted by Crippen LogP contribution is -2.47. The van der Waals surface area contributed by atoms with Gasteiger partial charge in [0.15, 0.2) is 15.4 Å². The van der Waals surface area contributed by atoms with Crippen molar-refractivity contribution in [2.24, 2.45) is 7.05 Å². The Labute approximate surface area is 296 Å². The van der Waals surface area contributed by atoms with Gasteiger partial charge in [0.05, 0.1) is 35.7 Å². The van der Waals surface area contributed by atoms with E-state index in [4.69, 9.17) is 16.3 Å². The highest BCUT2D eigenvalue weighted by molar-refractivity contribution is 7.91. The highest BCUT2D eigenvalue weighted by atomic mass is 35.5. The summed E-state index contributed by atoms with van der Waals surface area (Å²) in [6, 6.07) is 13.5. The number of anilines is 1. The van der Waals surface area contributed by atoms with Crippen LogP contribution in [0.5, 0.6) is 0 Å². The van der Waals surface area contributed by atoms with Crippen molar-refractivity contribution in [2.75, 3.05) is 42.6 Å². The average Bonchev–Trinajstić information content (AvgIpc) is 3.39. The van der Waals surface area contributed by atoms with Crippen LogP contribution >= 0.6 is 11.6 Å². The van der Waals surface area contributed by atoms with E-state index >= 15 is 0 Å². The Kier molecular flexibility index (Phi) is 10.0. The van der Waals surface area contributed by atoms with Crippen LogP contribution in [0.2, 0.25) is 5.02 Å². The molecule has 2 aromatic carbocycles. The Morgan fingerprint density at radius 3 is 2.36 bits per heavy atom. The Bertz CT molecular complexity index is 2030. The molecule has 50 heavy (non-hydrogen) atoms. The number of sulfone groups is 1. The number of halogens is 1. The van der Waals surface area contributed by atoms with Crippen molar-refractivity contribution in [1.29, 1.82) is 0 Å². The van der Waals surface area contributed by atoms with Gasteiger partial charge in [-0.25, -0.2) is 18.2 Å². The van der Waals surface area contributed by atoms with E-state index in [0.29, 0.717) is 68.3 Å². The molecule has 6 rings (SSSR count). The zero-order valence-electron chi connectivity index (χ0n) is 28.9. The van der Waals surface area contributed by atoms with Gasteiger partial charge in [-0.3, -0.25) is 18.9 Å². The van der Waals surface area contributed by atoms with Gasteiger partial charge in [-0.15, -0.1) is 0 Å². The monoisotopic (exact) mass is 725 g/mol. The summed E-state index contributed by atoms with van der Waals surface area (Å²) in [5.74, 6) is 0.297. The summed E-state index contributed by atoms with van der Waals surface area (Å²) in [7, 11) is -1.20. The van der Waals surface area contributed by atoms with Crippen molar-refractivity contribution in [3.05, 3.63) is 75.3 Å². The number of piperidine rings is 1. The number of carbonyl (C=O) groups excluding carboxylic acids is 1. The summed E-state index contributed by atoms with van der Waals surface area (Å²) in [4.78, 5) is 34.5. The molecule has 0 saturated carbocycles. The van der Waals surface area contributed by atoms with Crippen LogP contribution in [-0.2, 0) is 41.3 Å². The number of likely N-dealkylation sites (tertiary alicyclic amines) is 1.